The minimum absolute atomic E-state index is 0.134. The smallest absolute Gasteiger partial charge is 0.278 e. The van der Waals surface area contributed by atoms with Gasteiger partial charge in [0.05, 0.1) is 6.04 Å². The lowest BCUT2D eigenvalue weighted by Gasteiger charge is -2.15. The summed E-state index contributed by atoms with van der Waals surface area (Å²) >= 11 is 0. The van der Waals surface area contributed by atoms with Crippen LogP contribution in [0.1, 0.15) is 41.4 Å². The van der Waals surface area contributed by atoms with E-state index in [2.05, 4.69) is 5.32 Å². The van der Waals surface area contributed by atoms with Crippen molar-refractivity contribution in [3.05, 3.63) is 81.5 Å². The number of carbonyl (C=O) groups is 1. The molecule has 31 heavy (non-hydrogen) atoms. The molecule has 0 aliphatic heterocycles. The van der Waals surface area contributed by atoms with Gasteiger partial charge in [-0.25, -0.2) is 8.96 Å². The Hall–Kier alpha value is -3.81. The van der Waals surface area contributed by atoms with Crippen LogP contribution < -0.4 is 21.2 Å². The fourth-order valence-electron chi connectivity index (χ4n) is 3.66. The zero-order chi connectivity index (χ0) is 22.3. The second-order valence-electron chi connectivity index (χ2n) is 7.76. The van der Waals surface area contributed by atoms with E-state index < -0.39 is 5.91 Å². The molecule has 0 bridgehead atoms. The Morgan fingerprint density at radius 3 is 2.65 bits per heavy atom. The van der Waals surface area contributed by atoms with Crippen molar-refractivity contribution in [3.8, 4) is 0 Å². The maximum absolute atomic E-state index is 13.2. The number of nitrogen functional groups attached to an aromatic ring is 1. The fourth-order valence-corrected chi connectivity index (χ4v) is 3.66. The lowest BCUT2D eigenvalue weighted by atomic mass is 10.1. The first kappa shape index (κ1) is 20.5. The summed E-state index contributed by atoms with van der Waals surface area (Å²) in [6.07, 6.45) is 1.65. The summed E-state index contributed by atoms with van der Waals surface area (Å²) in [6, 6.07) is 10.9. The Balaban J connectivity index is 1.85. The number of pyridine rings is 2. The molecule has 4 aromatic rings. The van der Waals surface area contributed by atoms with Gasteiger partial charge >= 0.3 is 0 Å². The molecule has 3 N–H and O–H groups in total. The second kappa shape index (κ2) is 7.79. The number of nitrogens with one attached hydrogen (secondary N) is 1. The summed E-state index contributed by atoms with van der Waals surface area (Å²) in [5.41, 5.74) is 8.87. The molecule has 0 saturated carbocycles. The molecule has 3 aromatic heterocycles. The van der Waals surface area contributed by atoms with Crippen LogP contribution >= 0.6 is 0 Å². The molecule has 1 aromatic carbocycles. The van der Waals surface area contributed by atoms with Gasteiger partial charge < -0.3 is 11.1 Å². The van der Waals surface area contributed by atoms with E-state index in [0.717, 1.165) is 11.1 Å². The van der Waals surface area contributed by atoms with E-state index in [1.165, 1.54) is 22.6 Å². The van der Waals surface area contributed by atoms with Crippen LogP contribution in [-0.2, 0) is 6.54 Å². The molecule has 3 heterocycles. The predicted molar refractivity (Wildman–Crippen MR) is 116 cm³/mol. The predicted octanol–water partition coefficient (Wildman–Crippen LogP) is 2.68. The molecule has 8 heteroatoms. The third kappa shape index (κ3) is 3.61. The van der Waals surface area contributed by atoms with Gasteiger partial charge in [0.2, 0.25) is 11.5 Å². The number of aromatic nitrogens is 3. The van der Waals surface area contributed by atoms with Crippen molar-refractivity contribution >= 4 is 28.4 Å². The van der Waals surface area contributed by atoms with Crippen LogP contribution in [0, 0.1) is 12.7 Å². The number of anilines is 1. The van der Waals surface area contributed by atoms with Gasteiger partial charge in [0.25, 0.3) is 17.1 Å². The highest BCUT2D eigenvalue weighted by Crippen LogP contribution is 2.18. The van der Waals surface area contributed by atoms with Gasteiger partial charge in [0.15, 0.2) is 0 Å². The first-order chi connectivity index (χ1) is 14.8. The summed E-state index contributed by atoms with van der Waals surface area (Å²) < 4.78 is 16.3. The third-order valence-electron chi connectivity index (χ3n) is 5.24. The molecule has 0 unspecified atom stereocenters. The van der Waals surface area contributed by atoms with Crippen LogP contribution in [0.25, 0.3) is 16.7 Å². The fraction of sp³-hybridized carbons (Fsp3) is 0.217. The largest absolute Gasteiger partial charge is 0.348 e. The molecule has 158 valence electrons. The Bertz CT molecular complexity index is 1380. The standard InChI is InChI=1S/C23H22FN5O2/c1-13(2)29-19(25)17(22(30)26-12-15-6-8-16(24)9-7-15)11-18-21(29)27-20-14(3)5-4-10-28(20)23(18)31/h4-11,13,25H,12H2,1-3H3,(H,26,30)/p+1. The minimum atomic E-state index is -0.424. The molecule has 0 radical (unpaired) electrons. The summed E-state index contributed by atoms with van der Waals surface area (Å²) in [4.78, 5) is 30.9. The lowest BCUT2D eigenvalue weighted by molar-refractivity contribution is -0.679. The Labute approximate surface area is 178 Å². The molecule has 0 aliphatic rings. The number of nitrogens with two attached hydrogens (primary N) is 1. The van der Waals surface area contributed by atoms with E-state index in [0.29, 0.717) is 16.7 Å². The summed E-state index contributed by atoms with van der Waals surface area (Å²) in [5, 5.41) is 3.09. The van der Waals surface area contributed by atoms with Crippen LogP contribution in [0.2, 0.25) is 0 Å². The molecule has 0 spiro atoms. The number of fused-ring (bicyclic) bond motifs is 2. The van der Waals surface area contributed by atoms with Gasteiger partial charge in [0, 0.05) is 18.3 Å². The first-order valence-corrected chi connectivity index (χ1v) is 9.96. The van der Waals surface area contributed by atoms with Crippen LogP contribution in [0.15, 0.2) is 53.5 Å². The number of nitrogens with zero attached hydrogens (tertiary/aromatic N) is 3. The first-order valence-electron chi connectivity index (χ1n) is 9.96. The summed E-state index contributed by atoms with van der Waals surface area (Å²) in [7, 11) is 0. The number of halogens is 1. The Morgan fingerprint density at radius 2 is 1.97 bits per heavy atom. The highest BCUT2D eigenvalue weighted by molar-refractivity contribution is 6.00. The van der Waals surface area contributed by atoms with E-state index >= 15 is 0 Å². The maximum Gasteiger partial charge on any atom is 0.278 e. The van der Waals surface area contributed by atoms with Crippen molar-refractivity contribution in [2.24, 2.45) is 0 Å². The van der Waals surface area contributed by atoms with E-state index in [9.17, 15) is 14.0 Å². The Kier molecular flexibility index (Phi) is 5.14. The van der Waals surface area contributed by atoms with Crippen molar-refractivity contribution in [2.75, 3.05) is 5.73 Å². The molecule has 0 fully saturated rings. The second-order valence-corrected chi connectivity index (χ2v) is 7.76. The van der Waals surface area contributed by atoms with Crippen molar-refractivity contribution in [1.82, 2.24) is 14.7 Å². The van der Waals surface area contributed by atoms with Crippen LogP contribution in [0.3, 0.4) is 0 Å². The van der Waals surface area contributed by atoms with E-state index in [4.69, 9.17) is 10.7 Å². The summed E-state index contributed by atoms with van der Waals surface area (Å²) in [5.74, 6) is -0.543. The Morgan fingerprint density at radius 1 is 1.26 bits per heavy atom. The number of carbonyl (C=O) groups excluding carboxylic acids is 1. The van der Waals surface area contributed by atoms with Crippen molar-refractivity contribution < 1.29 is 13.8 Å². The number of aryl methyl sites for hydroxylation is 1. The van der Waals surface area contributed by atoms with Gasteiger partial charge in [-0.2, -0.15) is 0 Å². The lowest BCUT2D eigenvalue weighted by Crippen LogP contribution is -2.44. The average molecular weight is 420 g/mol. The van der Waals surface area contributed by atoms with Crippen LogP contribution in [0.4, 0.5) is 10.2 Å². The van der Waals surface area contributed by atoms with E-state index in [1.807, 2.05) is 26.8 Å². The van der Waals surface area contributed by atoms with Gasteiger partial charge in [-0.3, -0.25) is 14.0 Å². The van der Waals surface area contributed by atoms with Gasteiger partial charge in [-0.1, -0.05) is 23.2 Å². The maximum atomic E-state index is 13.2. The minimum Gasteiger partial charge on any atom is -0.348 e. The molecule has 4 rings (SSSR count). The van der Waals surface area contributed by atoms with Crippen LogP contribution in [-0.4, -0.2) is 15.3 Å². The van der Waals surface area contributed by atoms with Crippen molar-refractivity contribution in [1.29, 1.82) is 0 Å². The van der Waals surface area contributed by atoms with Gasteiger partial charge in [-0.05, 0) is 50.6 Å². The highest BCUT2D eigenvalue weighted by atomic mass is 19.1. The molecular formula is C23H23FN5O2+. The number of amides is 1. The third-order valence-corrected chi connectivity index (χ3v) is 5.24. The quantitative estimate of drug-likeness (QED) is 0.392. The number of rotatable bonds is 4. The number of benzene rings is 1. The molecular weight excluding hydrogens is 397 g/mol. The zero-order valence-corrected chi connectivity index (χ0v) is 17.5. The molecule has 1 amide bonds. The SMILES string of the molecule is Cc1cccn2c(=O)c3cc(C(=O)NCc4ccc(F)cc4)c(N)[n+](C(C)C)c3nc12. The topological polar surface area (TPSA) is 93.4 Å². The van der Waals surface area contributed by atoms with E-state index in [-0.39, 0.29) is 35.3 Å². The molecule has 0 saturated heterocycles. The summed E-state index contributed by atoms with van der Waals surface area (Å²) in [6.45, 7) is 5.91. The van der Waals surface area contributed by atoms with Crippen LogP contribution in [0.5, 0.6) is 0 Å². The van der Waals surface area contributed by atoms with Gasteiger partial charge in [-0.15, -0.1) is 0 Å². The van der Waals surface area contributed by atoms with Gasteiger partial charge in [0.1, 0.15) is 16.8 Å². The van der Waals surface area contributed by atoms with E-state index in [1.54, 1.807) is 29.0 Å². The zero-order valence-electron chi connectivity index (χ0n) is 17.5. The van der Waals surface area contributed by atoms with Crippen molar-refractivity contribution in [3.63, 3.8) is 0 Å². The highest BCUT2D eigenvalue weighted by Gasteiger charge is 2.26. The number of hydrogen-bond acceptors (Lipinski definition) is 4. The molecule has 7 nitrogen and oxygen atoms in total. The average Bonchev–Trinajstić information content (AvgIpc) is 2.73. The van der Waals surface area contributed by atoms with Crippen molar-refractivity contribution in [2.45, 2.75) is 33.4 Å². The number of hydrogen-bond donors (Lipinski definition) is 2. The molecule has 0 atom stereocenters. The normalized spacial score (nSPS) is 11.4. The monoisotopic (exact) mass is 420 g/mol. The molecule has 0 aliphatic carbocycles.